The lowest BCUT2D eigenvalue weighted by Crippen LogP contribution is -2.21. The highest BCUT2D eigenvalue weighted by molar-refractivity contribution is 9.10. The van der Waals surface area contributed by atoms with E-state index in [1.165, 1.54) is 16.5 Å². The van der Waals surface area contributed by atoms with Crippen molar-refractivity contribution in [3.05, 3.63) is 34.4 Å². The van der Waals surface area contributed by atoms with Crippen LogP contribution in [0.5, 0.6) is 0 Å². The Labute approximate surface area is 134 Å². The normalized spacial score (nSPS) is 11.4. The van der Waals surface area contributed by atoms with Gasteiger partial charge >= 0.3 is 12.1 Å². The zero-order valence-electron chi connectivity index (χ0n) is 12.0. The van der Waals surface area contributed by atoms with Gasteiger partial charge in [-0.25, -0.2) is 4.79 Å². The van der Waals surface area contributed by atoms with Crippen molar-refractivity contribution < 1.29 is 23.1 Å². The number of halogens is 4. The van der Waals surface area contributed by atoms with Gasteiger partial charge in [-0.1, -0.05) is 22.0 Å². The van der Waals surface area contributed by atoms with Crippen LogP contribution < -0.4 is 0 Å². The number of nitrogens with zero attached hydrogens (tertiary/aromatic N) is 1. The van der Waals surface area contributed by atoms with Gasteiger partial charge in [0.25, 0.3) is 0 Å². The second-order valence-corrected chi connectivity index (χ2v) is 5.78. The maximum absolute atomic E-state index is 10.6. The lowest BCUT2D eigenvalue weighted by Gasteiger charge is -2.07. The molecule has 0 saturated heterocycles. The molecule has 0 bridgehead atoms. The third-order valence-corrected chi connectivity index (χ3v) is 3.29. The first kappa shape index (κ1) is 18.5. The molecule has 0 radical (unpaired) electrons. The summed E-state index contributed by atoms with van der Waals surface area (Å²) in [6, 6.07) is 6.38. The van der Waals surface area contributed by atoms with E-state index >= 15 is 0 Å². The summed E-state index contributed by atoms with van der Waals surface area (Å²) in [6.45, 7) is 1.09. The second kappa shape index (κ2) is 7.64. The molecule has 0 aliphatic heterocycles. The molecule has 0 fully saturated rings. The van der Waals surface area contributed by atoms with Gasteiger partial charge in [0.15, 0.2) is 0 Å². The number of carboxylic acids is 1. The summed E-state index contributed by atoms with van der Waals surface area (Å²) in [7, 11) is 4.21. The van der Waals surface area contributed by atoms with Crippen molar-refractivity contribution in [3.8, 4) is 0 Å². The number of aromatic amines is 1. The Morgan fingerprint density at radius 1 is 1.36 bits per heavy atom. The minimum Gasteiger partial charge on any atom is -0.475 e. The predicted molar refractivity (Wildman–Crippen MR) is 81.9 cm³/mol. The van der Waals surface area contributed by atoms with Crippen LogP contribution in [0.4, 0.5) is 13.2 Å². The molecule has 0 saturated carbocycles. The molecule has 2 rings (SSSR count). The Morgan fingerprint density at radius 2 is 1.95 bits per heavy atom. The van der Waals surface area contributed by atoms with Crippen LogP contribution >= 0.6 is 15.9 Å². The number of carboxylic acid groups (broad SMARTS) is 1. The number of aliphatic carboxylic acids is 1. The van der Waals surface area contributed by atoms with Crippen LogP contribution in [-0.4, -0.2) is 47.8 Å². The van der Waals surface area contributed by atoms with Gasteiger partial charge in [-0.3, -0.25) is 0 Å². The number of nitrogens with one attached hydrogen (secondary N) is 1. The highest BCUT2D eigenvalue weighted by Gasteiger charge is 2.38. The fraction of sp³-hybridized carbons (Fsp3) is 0.357. The Morgan fingerprint density at radius 3 is 2.45 bits per heavy atom. The summed E-state index contributed by atoms with van der Waals surface area (Å²) in [5, 5.41) is 8.46. The fourth-order valence-electron chi connectivity index (χ4n) is 1.71. The SMILES string of the molecule is CN(C)CCc1c[nH]c2cc(Br)ccc12.O=C(O)C(F)(F)F. The van der Waals surface area contributed by atoms with E-state index in [0.29, 0.717) is 0 Å². The first-order chi connectivity index (χ1) is 10.1. The monoisotopic (exact) mass is 380 g/mol. The Balaban J connectivity index is 0.000000295. The molecule has 1 aromatic carbocycles. The maximum Gasteiger partial charge on any atom is 0.490 e. The van der Waals surface area contributed by atoms with Crippen molar-refractivity contribution in [2.75, 3.05) is 20.6 Å². The molecule has 8 heteroatoms. The average molecular weight is 381 g/mol. The predicted octanol–water partition coefficient (Wildman–Crippen LogP) is 3.67. The van der Waals surface area contributed by atoms with Crippen LogP contribution in [0.25, 0.3) is 10.9 Å². The molecule has 0 aliphatic carbocycles. The summed E-state index contributed by atoms with van der Waals surface area (Å²) in [4.78, 5) is 14.4. The summed E-state index contributed by atoms with van der Waals surface area (Å²) in [5.41, 5.74) is 2.60. The molecule has 1 heterocycles. The number of hydrogen-bond donors (Lipinski definition) is 2. The van der Waals surface area contributed by atoms with Crippen LogP contribution in [0.3, 0.4) is 0 Å². The lowest BCUT2D eigenvalue weighted by molar-refractivity contribution is -0.192. The highest BCUT2D eigenvalue weighted by atomic mass is 79.9. The highest BCUT2D eigenvalue weighted by Crippen LogP contribution is 2.22. The van der Waals surface area contributed by atoms with E-state index in [9.17, 15) is 13.2 Å². The largest absolute Gasteiger partial charge is 0.490 e. The van der Waals surface area contributed by atoms with Gasteiger partial charge in [0.05, 0.1) is 0 Å². The number of likely N-dealkylation sites (N-methyl/N-ethyl adjacent to an activating group) is 1. The van der Waals surface area contributed by atoms with Crippen LogP contribution in [0, 0.1) is 0 Å². The molecule has 0 atom stereocenters. The first-order valence-corrected chi connectivity index (χ1v) is 7.11. The number of aromatic nitrogens is 1. The zero-order valence-corrected chi connectivity index (χ0v) is 13.6. The number of benzene rings is 1. The molecule has 1 aromatic heterocycles. The number of H-pyrrole nitrogens is 1. The molecular weight excluding hydrogens is 365 g/mol. The van der Waals surface area contributed by atoms with Gasteiger partial charge in [-0.2, -0.15) is 13.2 Å². The van der Waals surface area contributed by atoms with Crippen molar-refractivity contribution in [1.29, 1.82) is 0 Å². The van der Waals surface area contributed by atoms with Crippen LogP contribution in [0.2, 0.25) is 0 Å². The number of alkyl halides is 3. The molecular formula is C14H16BrF3N2O2. The number of fused-ring (bicyclic) bond motifs is 1. The Hall–Kier alpha value is -1.54. The second-order valence-electron chi connectivity index (χ2n) is 4.86. The van der Waals surface area contributed by atoms with Gasteiger partial charge in [0.1, 0.15) is 0 Å². The topological polar surface area (TPSA) is 56.3 Å². The molecule has 122 valence electrons. The van der Waals surface area contributed by atoms with Crippen molar-refractivity contribution in [3.63, 3.8) is 0 Å². The van der Waals surface area contributed by atoms with Crippen molar-refractivity contribution >= 4 is 32.8 Å². The van der Waals surface area contributed by atoms with E-state index in [2.05, 4.69) is 64.3 Å². The van der Waals surface area contributed by atoms with Gasteiger partial charge in [0, 0.05) is 28.1 Å². The average Bonchev–Trinajstić information content (AvgIpc) is 2.78. The fourth-order valence-corrected chi connectivity index (χ4v) is 2.07. The van der Waals surface area contributed by atoms with Gasteiger partial charge < -0.3 is 15.0 Å². The van der Waals surface area contributed by atoms with Crippen molar-refractivity contribution in [1.82, 2.24) is 9.88 Å². The molecule has 0 aliphatic rings. The molecule has 0 amide bonds. The van der Waals surface area contributed by atoms with E-state index in [1.54, 1.807) is 0 Å². The van der Waals surface area contributed by atoms with Crippen molar-refractivity contribution in [2.45, 2.75) is 12.6 Å². The first-order valence-electron chi connectivity index (χ1n) is 6.31. The van der Waals surface area contributed by atoms with E-state index in [1.807, 2.05) is 0 Å². The van der Waals surface area contributed by atoms with E-state index in [4.69, 9.17) is 9.90 Å². The Bertz CT molecular complexity index is 639. The van der Waals surface area contributed by atoms with Crippen LogP contribution in [0.15, 0.2) is 28.9 Å². The Kier molecular flexibility index (Phi) is 6.43. The lowest BCUT2D eigenvalue weighted by atomic mass is 10.1. The minimum absolute atomic E-state index is 1.09. The van der Waals surface area contributed by atoms with Crippen LogP contribution in [0.1, 0.15) is 5.56 Å². The minimum atomic E-state index is -5.08. The third kappa shape index (κ3) is 5.69. The molecule has 2 aromatic rings. The summed E-state index contributed by atoms with van der Waals surface area (Å²) < 4.78 is 32.9. The smallest absolute Gasteiger partial charge is 0.475 e. The molecule has 22 heavy (non-hydrogen) atoms. The van der Waals surface area contributed by atoms with E-state index in [0.717, 1.165) is 17.4 Å². The third-order valence-electron chi connectivity index (χ3n) is 2.80. The van der Waals surface area contributed by atoms with Gasteiger partial charge in [-0.05, 0) is 38.2 Å². The summed E-state index contributed by atoms with van der Waals surface area (Å²) in [5.74, 6) is -2.76. The van der Waals surface area contributed by atoms with Crippen molar-refractivity contribution in [2.24, 2.45) is 0 Å². The van der Waals surface area contributed by atoms with E-state index < -0.39 is 12.1 Å². The maximum atomic E-state index is 10.6. The van der Waals surface area contributed by atoms with Gasteiger partial charge in [-0.15, -0.1) is 0 Å². The summed E-state index contributed by atoms with van der Waals surface area (Å²) in [6.07, 6.45) is -1.88. The zero-order chi connectivity index (χ0) is 16.9. The van der Waals surface area contributed by atoms with Gasteiger partial charge in [0.2, 0.25) is 0 Å². The molecule has 4 nitrogen and oxygen atoms in total. The number of rotatable bonds is 3. The van der Waals surface area contributed by atoms with Crippen LogP contribution in [-0.2, 0) is 11.2 Å². The molecule has 2 N–H and O–H groups in total. The molecule has 0 spiro atoms. The number of carbonyl (C=O) groups is 1. The molecule has 0 unspecified atom stereocenters. The number of hydrogen-bond acceptors (Lipinski definition) is 2. The summed E-state index contributed by atoms with van der Waals surface area (Å²) >= 11 is 3.48. The standard InChI is InChI=1S/C12H15BrN2.C2HF3O2/c1-15(2)6-5-9-8-14-12-7-10(13)3-4-11(9)12;3-2(4,5)1(6)7/h3-4,7-8,14H,5-6H2,1-2H3;(H,6,7). The quantitative estimate of drug-likeness (QED) is 0.853. The van der Waals surface area contributed by atoms with E-state index in [-0.39, 0.29) is 0 Å².